The third-order valence-corrected chi connectivity index (χ3v) is 7.44. The summed E-state index contributed by atoms with van der Waals surface area (Å²) >= 11 is 0. The van der Waals surface area contributed by atoms with Crippen LogP contribution in [0.15, 0.2) is 71.6 Å². The van der Waals surface area contributed by atoms with E-state index in [0.29, 0.717) is 0 Å². The lowest BCUT2D eigenvalue weighted by atomic mass is 10.0. The van der Waals surface area contributed by atoms with Crippen LogP contribution in [-0.2, 0) is 32.6 Å². The maximum atomic E-state index is 12.8. The molecule has 0 spiro atoms. The quantitative estimate of drug-likeness (QED) is 0.491. The first kappa shape index (κ1) is 25.4. The zero-order valence-electron chi connectivity index (χ0n) is 19.9. The predicted molar refractivity (Wildman–Crippen MR) is 134 cm³/mol. The summed E-state index contributed by atoms with van der Waals surface area (Å²) in [4.78, 5) is 25.7. The van der Waals surface area contributed by atoms with E-state index >= 15 is 0 Å². The third-order valence-electron chi connectivity index (χ3n) is 5.61. The van der Waals surface area contributed by atoms with Crippen molar-refractivity contribution in [3.8, 4) is 0 Å². The Kier molecular flexibility index (Phi) is 8.06. The molecule has 3 aromatic rings. The van der Waals surface area contributed by atoms with Gasteiger partial charge in [-0.25, -0.2) is 12.7 Å². The van der Waals surface area contributed by atoms with E-state index in [1.165, 1.54) is 26.2 Å². The Morgan fingerprint density at radius 1 is 0.882 bits per heavy atom. The molecule has 2 N–H and O–H groups in total. The second-order valence-electron chi connectivity index (χ2n) is 8.80. The van der Waals surface area contributed by atoms with E-state index in [2.05, 4.69) is 10.6 Å². The van der Waals surface area contributed by atoms with Crippen molar-refractivity contribution in [2.24, 2.45) is 5.92 Å². The van der Waals surface area contributed by atoms with Crippen molar-refractivity contribution >= 4 is 32.6 Å². The Hall–Kier alpha value is -3.23. The van der Waals surface area contributed by atoms with Gasteiger partial charge in [0.05, 0.1) is 11.3 Å². The SMILES string of the molecule is CC(C)C(NC(=O)Cc1ccc2ccccc2c1)C(=O)NCc1ccc(S(=O)(=O)N(C)C)cc1. The molecule has 0 heterocycles. The fourth-order valence-corrected chi connectivity index (χ4v) is 4.48. The van der Waals surface area contributed by atoms with Crippen molar-refractivity contribution in [2.75, 3.05) is 14.1 Å². The molecular formula is C26H31N3O4S. The highest BCUT2D eigenvalue weighted by Gasteiger charge is 2.24. The molecule has 0 saturated heterocycles. The molecule has 0 aliphatic heterocycles. The van der Waals surface area contributed by atoms with Gasteiger partial charge in [0.15, 0.2) is 0 Å². The maximum Gasteiger partial charge on any atom is 0.243 e. The zero-order chi connectivity index (χ0) is 24.9. The molecule has 0 fully saturated rings. The van der Waals surface area contributed by atoms with Gasteiger partial charge in [-0.2, -0.15) is 0 Å². The van der Waals surface area contributed by atoms with Gasteiger partial charge in [0.1, 0.15) is 6.04 Å². The maximum absolute atomic E-state index is 12.8. The fourth-order valence-electron chi connectivity index (χ4n) is 3.58. The van der Waals surface area contributed by atoms with Crippen molar-refractivity contribution < 1.29 is 18.0 Å². The summed E-state index contributed by atoms with van der Waals surface area (Å²) in [6.45, 7) is 3.98. The van der Waals surface area contributed by atoms with Gasteiger partial charge in [-0.05, 0) is 39.9 Å². The number of hydrogen-bond donors (Lipinski definition) is 2. The molecule has 3 aromatic carbocycles. The number of nitrogens with one attached hydrogen (secondary N) is 2. The number of nitrogens with zero attached hydrogens (tertiary/aromatic N) is 1. The number of rotatable bonds is 9. The third kappa shape index (κ3) is 6.21. The smallest absolute Gasteiger partial charge is 0.243 e. The molecule has 0 aromatic heterocycles. The van der Waals surface area contributed by atoms with Crippen molar-refractivity contribution in [1.82, 2.24) is 14.9 Å². The van der Waals surface area contributed by atoms with Gasteiger partial charge in [0.25, 0.3) is 0 Å². The Morgan fingerprint density at radius 3 is 2.12 bits per heavy atom. The van der Waals surface area contributed by atoms with Crippen LogP contribution in [0.3, 0.4) is 0 Å². The number of amides is 2. The number of fused-ring (bicyclic) bond motifs is 1. The molecule has 0 bridgehead atoms. The average molecular weight is 482 g/mol. The van der Waals surface area contributed by atoms with Crippen LogP contribution in [0.25, 0.3) is 10.8 Å². The zero-order valence-corrected chi connectivity index (χ0v) is 20.7. The average Bonchev–Trinajstić information content (AvgIpc) is 2.81. The molecule has 0 radical (unpaired) electrons. The molecule has 0 aliphatic carbocycles. The lowest BCUT2D eigenvalue weighted by molar-refractivity contribution is -0.129. The van der Waals surface area contributed by atoms with E-state index in [4.69, 9.17) is 0 Å². The van der Waals surface area contributed by atoms with Gasteiger partial charge in [-0.1, -0.05) is 68.4 Å². The van der Waals surface area contributed by atoms with Crippen molar-refractivity contribution in [3.63, 3.8) is 0 Å². The number of sulfonamides is 1. The summed E-state index contributed by atoms with van der Waals surface area (Å²) in [6, 6.07) is 19.5. The molecule has 0 saturated carbocycles. The van der Waals surface area contributed by atoms with E-state index in [-0.39, 0.29) is 35.6 Å². The van der Waals surface area contributed by atoms with Crippen LogP contribution in [0.1, 0.15) is 25.0 Å². The van der Waals surface area contributed by atoms with Crippen molar-refractivity contribution in [3.05, 3.63) is 77.9 Å². The summed E-state index contributed by atoms with van der Waals surface area (Å²) in [5.41, 5.74) is 1.64. The Balaban J connectivity index is 1.59. The molecule has 3 rings (SSSR count). The van der Waals surface area contributed by atoms with Crippen LogP contribution in [0.2, 0.25) is 0 Å². The second kappa shape index (κ2) is 10.8. The van der Waals surface area contributed by atoms with Gasteiger partial charge in [-0.3, -0.25) is 9.59 Å². The first-order chi connectivity index (χ1) is 16.1. The standard InChI is InChI=1S/C26H31N3O4S/c1-18(2)25(28-24(30)16-20-9-12-21-7-5-6-8-22(21)15-20)26(31)27-17-19-10-13-23(14-11-19)34(32,33)29(3)4/h5-15,18,25H,16-17H2,1-4H3,(H,27,31)(H,28,30). The van der Waals surface area contributed by atoms with E-state index in [9.17, 15) is 18.0 Å². The molecule has 2 amide bonds. The van der Waals surface area contributed by atoms with Gasteiger partial charge in [0, 0.05) is 20.6 Å². The van der Waals surface area contributed by atoms with Crippen LogP contribution < -0.4 is 10.6 Å². The normalized spacial score (nSPS) is 12.6. The molecule has 8 heteroatoms. The molecular weight excluding hydrogens is 450 g/mol. The topological polar surface area (TPSA) is 95.6 Å². The van der Waals surface area contributed by atoms with Crippen LogP contribution in [-0.4, -0.2) is 44.7 Å². The number of benzene rings is 3. The van der Waals surface area contributed by atoms with Crippen LogP contribution >= 0.6 is 0 Å². The number of carbonyl (C=O) groups excluding carboxylic acids is 2. The van der Waals surface area contributed by atoms with E-state index in [1.807, 2.05) is 56.3 Å². The monoisotopic (exact) mass is 481 g/mol. The van der Waals surface area contributed by atoms with E-state index < -0.39 is 16.1 Å². The second-order valence-corrected chi connectivity index (χ2v) is 10.9. The minimum absolute atomic E-state index is 0.104. The molecule has 34 heavy (non-hydrogen) atoms. The Bertz CT molecular complexity index is 1270. The molecule has 1 atom stereocenters. The van der Waals surface area contributed by atoms with Crippen molar-refractivity contribution in [1.29, 1.82) is 0 Å². The molecule has 7 nitrogen and oxygen atoms in total. The van der Waals surface area contributed by atoms with Crippen molar-refractivity contribution in [2.45, 2.75) is 37.8 Å². The Morgan fingerprint density at radius 2 is 1.50 bits per heavy atom. The predicted octanol–water partition coefficient (Wildman–Crippen LogP) is 3.09. The summed E-state index contributed by atoms with van der Waals surface area (Å²) < 4.78 is 25.5. The van der Waals surface area contributed by atoms with E-state index in [1.54, 1.807) is 12.1 Å². The van der Waals surface area contributed by atoms with Crippen LogP contribution in [0, 0.1) is 5.92 Å². The first-order valence-corrected chi connectivity index (χ1v) is 12.6. The highest BCUT2D eigenvalue weighted by atomic mass is 32.2. The molecule has 1 unspecified atom stereocenters. The molecule has 180 valence electrons. The lowest BCUT2D eigenvalue weighted by Crippen LogP contribution is -2.49. The first-order valence-electron chi connectivity index (χ1n) is 11.1. The van der Waals surface area contributed by atoms with Crippen LogP contribution in [0.5, 0.6) is 0 Å². The Labute approximate surface area is 201 Å². The van der Waals surface area contributed by atoms with Gasteiger partial charge in [-0.15, -0.1) is 0 Å². The summed E-state index contributed by atoms with van der Waals surface area (Å²) in [6.07, 6.45) is 0.184. The lowest BCUT2D eigenvalue weighted by Gasteiger charge is -2.22. The molecule has 0 aliphatic rings. The van der Waals surface area contributed by atoms with Crippen LogP contribution in [0.4, 0.5) is 0 Å². The van der Waals surface area contributed by atoms with Gasteiger partial charge < -0.3 is 10.6 Å². The largest absolute Gasteiger partial charge is 0.350 e. The number of hydrogen-bond acceptors (Lipinski definition) is 4. The van der Waals surface area contributed by atoms with E-state index in [0.717, 1.165) is 26.2 Å². The fraction of sp³-hybridized carbons (Fsp3) is 0.308. The van der Waals surface area contributed by atoms with Gasteiger partial charge >= 0.3 is 0 Å². The summed E-state index contributed by atoms with van der Waals surface area (Å²) in [7, 11) is -0.551. The highest BCUT2D eigenvalue weighted by molar-refractivity contribution is 7.89. The summed E-state index contributed by atoms with van der Waals surface area (Å²) in [5.74, 6) is -0.609. The highest BCUT2D eigenvalue weighted by Crippen LogP contribution is 2.17. The van der Waals surface area contributed by atoms with Gasteiger partial charge in [0.2, 0.25) is 21.8 Å². The minimum atomic E-state index is -3.50. The minimum Gasteiger partial charge on any atom is -0.350 e. The number of carbonyl (C=O) groups is 2. The summed E-state index contributed by atoms with van der Waals surface area (Å²) in [5, 5.41) is 7.87.